The number of anilines is 2. The second-order valence-electron chi connectivity index (χ2n) is 4.39. The minimum atomic E-state index is 0.490. The molecule has 0 unspecified atom stereocenters. The van der Waals surface area contributed by atoms with Crippen molar-refractivity contribution in [2.24, 2.45) is 0 Å². The van der Waals surface area contributed by atoms with Gasteiger partial charge in [-0.05, 0) is 12.8 Å². The third-order valence-electron chi connectivity index (χ3n) is 2.73. The molecule has 2 N–H and O–H groups in total. The summed E-state index contributed by atoms with van der Waals surface area (Å²) >= 11 is 0. The van der Waals surface area contributed by atoms with Gasteiger partial charge < -0.3 is 15.4 Å². The van der Waals surface area contributed by atoms with Gasteiger partial charge in [-0.2, -0.15) is 4.98 Å². The number of ether oxygens (including phenoxy) is 1. The zero-order valence-electron chi connectivity index (χ0n) is 11.6. The van der Waals surface area contributed by atoms with Crippen molar-refractivity contribution in [2.45, 2.75) is 39.5 Å². The number of nitrogens with two attached hydrogens (primary N) is 1. The van der Waals surface area contributed by atoms with E-state index in [4.69, 9.17) is 10.5 Å². The van der Waals surface area contributed by atoms with Crippen LogP contribution in [0.4, 0.5) is 11.5 Å². The van der Waals surface area contributed by atoms with Gasteiger partial charge in [0.1, 0.15) is 12.0 Å². The van der Waals surface area contributed by atoms with Crippen LogP contribution < -0.4 is 15.4 Å². The van der Waals surface area contributed by atoms with E-state index < -0.39 is 0 Å². The van der Waals surface area contributed by atoms with Gasteiger partial charge in [-0.1, -0.05) is 26.7 Å². The Morgan fingerprint density at radius 1 is 1.22 bits per heavy atom. The normalized spacial score (nSPS) is 10.4. The molecular weight excluding hydrogens is 228 g/mol. The quantitative estimate of drug-likeness (QED) is 0.720. The van der Waals surface area contributed by atoms with Crippen LogP contribution in [0.1, 0.15) is 39.5 Å². The highest BCUT2D eigenvalue weighted by Gasteiger charge is 2.12. The number of rotatable bonds is 8. The predicted octanol–water partition coefficient (Wildman–Crippen LogP) is 2.47. The fourth-order valence-corrected chi connectivity index (χ4v) is 1.69. The van der Waals surface area contributed by atoms with Crippen LogP contribution in [0, 0.1) is 0 Å². The lowest BCUT2D eigenvalue weighted by molar-refractivity contribution is 0.306. The Morgan fingerprint density at radius 3 is 2.67 bits per heavy atom. The summed E-state index contributed by atoms with van der Waals surface area (Å²) in [5, 5.41) is 0. The van der Waals surface area contributed by atoms with Crippen LogP contribution in [-0.2, 0) is 0 Å². The predicted molar refractivity (Wildman–Crippen MR) is 75.0 cm³/mol. The van der Waals surface area contributed by atoms with Gasteiger partial charge in [-0.15, -0.1) is 0 Å². The summed E-state index contributed by atoms with van der Waals surface area (Å²) in [6, 6.07) is 0. The summed E-state index contributed by atoms with van der Waals surface area (Å²) in [7, 11) is 2.00. The Balaban J connectivity index is 2.69. The molecule has 0 aliphatic rings. The summed E-state index contributed by atoms with van der Waals surface area (Å²) in [5.74, 6) is 1.25. The molecule has 0 amide bonds. The van der Waals surface area contributed by atoms with Gasteiger partial charge in [0.15, 0.2) is 5.82 Å². The fourth-order valence-electron chi connectivity index (χ4n) is 1.69. The maximum absolute atomic E-state index is 6.04. The van der Waals surface area contributed by atoms with E-state index in [2.05, 4.69) is 28.7 Å². The van der Waals surface area contributed by atoms with Crippen LogP contribution in [0.15, 0.2) is 6.33 Å². The maximum Gasteiger partial charge on any atom is 0.242 e. The number of nitrogens with zero attached hydrogens (tertiary/aromatic N) is 3. The lowest BCUT2D eigenvalue weighted by Gasteiger charge is -2.20. The molecule has 0 fully saturated rings. The molecule has 102 valence electrons. The molecule has 1 aromatic rings. The highest BCUT2D eigenvalue weighted by Crippen LogP contribution is 2.27. The van der Waals surface area contributed by atoms with Crippen LogP contribution in [0.2, 0.25) is 0 Å². The van der Waals surface area contributed by atoms with Crippen molar-refractivity contribution < 1.29 is 4.74 Å². The van der Waals surface area contributed by atoms with E-state index in [0.717, 1.165) is 25.2 Å². The van der Waals surface area contributed by atoms with E-state index in [9.17, 15) is 0 Å². The average molecular weight is 252 g/mol. The van der Waals surface area contributed by atoms with Crippen molar-refractivity contribution in [3.05, 3.63) is 6.33 Å². The van der Waals surface area contributed by atoms with E-state index in [1.54, 1.807) is 0 Å². The maximum atomic E-state index is 6.04. The Kier molecular flexibility index (Phi) is 6.25. The summed E-state index contributed by atoms with van der Waals surface area (Å²) in [4.78, 5) is 10.4. The molecule has 5 nitrogen and oxygen atoms in total. The fraction of sp³-hybridized carbons (Fsp3) is 0.692. The SMILES string of the molecule is CCCCCN(C)c1ncnc(OCCC)c1N. The number of hydrogen-bond acceptors (Lipinski definition) is 5. The van der Waals surface area contributed by atoms with E-state index in [1.807, 2.05) is 7.05 Å². The summed E-state index contributed by atoms with van der Waals surface area (Å²) in [6.45, 7) is 5.81. The molecule has 0 saturated carbocycles. The number of unbranched alkanes of at least 4 members (excludes halogenated alkanes) is 2. The molecule has 1 heterocycles. The first-order chi connectivity index (χ1) is 8.70. The van der Waals surface area contributed by atoms with E-state index >= 15 is 0 Å². The first-order valence-corrected chi connectivity index (χ1v) is 6.65. The van der Waals surface area contributed by atoms with Gasteiger partial charge in [0, 0.05) is 13.6 Å². The first kappa shape index (κ1) is 14.5. The molecule has 5 heteroatoms. The summed E-state index contributed by atoms with van der Waals surface area (Å²) in [5.41, 5.74) is 6.57. The van der Waals surface area contributed by atoms with Gasteiger partial charge in [-0.3, -0.25) is 0 Å². The van der Waals surface area contributed by atoms with E-state index in [-0.39, 0.29) is 0 Å². The van der Waals surface area contributed by atoms with Crippen LogP contribution in [0.25, 0.3) is 0 Å². The highest BCUT2D eigenvalue weighted by molar-refractivity contribution is 5.67. The van der Waals surface area contributed by atoms with Crippen molar-refractivity contribution >= 4 is 11.5 Å². The number of aromatic nitrogens is 2. The van der Waals surface area contributed by atoms with Crippen LogP contribution in [-0.4, -0.2) is 30.2 Å². The van der Waals surface area contributed by atoms with E-state index in [1.165, 1.54) is 19.2 Å². The Labute approximate surface area is 109 Å². The van der Waals surface area contributed by atoms with Crippen LogP contribution in [0.3, 0.4) is 0 Å². The van der Waals surface area contributed by atoms with Crippen molar-refractivity contribution in [1.82, 2.24) is 9.97 Å². The molecule has 0 aliphatic carbocycles. The van der Waals surface area contributed by atoms with Gasteiger partial charge in [0.2, 0.25) is 5.88 Å². The van der Waals surface area contributed by atoms with Crippen molar-refractivity contribution in [3.8, 4) is 5.88 Å². The van der Waals surface area contributed by atoms with Gasteiger partial charge in [0.25, 0.3) is 0 Å². The monoisotopic (exact) mass is 252 g/mol. The highest BCUT2D eigenvalue weighted by atomic mass is 16.5. The Morgan fingerprint density at radius 2 is 2.00 bits per heavy atom. The zero-order chi connectivity index (χ0) is 13.4. The molecule has 0 saturated heterocycles. The van der Waals surface area contributed by atoms with Gasteiger partial charge >= 0.3 is 0 Å². The van der Waals surface area contributed by atoms with Crippen molar-refractivity contribution in [3.63, 3.8) is 0 Å². The van der Waals surface area contributed by atoms with Gasteiger partial charge in [-0.25, -0.2) is 4.98 Å². The summed E-state index contributed by atoms with van der Waals surface area (Å²) in [6.07, 6.45) is 6.01. The molecule has 0 bridgehead atoms. The first-order valence-electron chi connectivity index (χ1n) is 6.65. The largest absolute Gasteiger partial charge is 0.476 e. The molecular formula is C13H24N4O. The van der Waals surface area contributed by atoms with Crippen LogP contribution in [0.5, 0.6) is 5.88 Å². The topological polar surface area (TPSA) is 64.3 Å². The standard InChI is InChI=1S/C13H24N4O/c1-4-6-7-8-17(3)12-11(14)13(16-10-15-12)18-9-5-2/h10H,4-9,14H2,1-3H3. The smallest absolute Gasteiger partial charge is 0.242 e. The van der Waals surface area contributed by atoms with Crippen LogP contribution >= 0.6 is 0 Å². The lowest BCUT2D eigenvalue weighted by Crippen LogP contribution is -2.21. The minimum Gasteiger partial charge on any atom is -0.476 e. The van der Waals surface area contributed by atoms with Crippen molar-refractivity contribution in [2.75, 3.05) is 30.8 Å². The second-order valence-corrected chi connectivity index (χ2v) is 4.39. The molecule has 0 spiro atoms. The Hall–Kier alpha value is -1.52. The van der Waals surface area contributed by atoms with Crippen molar-refractivity contribution in [1.29, 1.82) is 0 Å². The average Bonchev–Trinajstić information content (AvgIpc) is 2.37. The summed E-state index contributed by atoms with van der Waals surface area (Å²) < 4.78 is 5.50. The third-order valence-corrected chi connectivity index (χ3v) is 2.73. The van der Waals surface area contributed by atoms with Gasteiger partial charge in [0.05, 0.1) is 6.61 Å². The zero-order valence-corrected chi connectivity index (χ0v) is 11.6. The molecule has 0 aliphatic heterocycles. The van der Waals surface area contributed by atoms with E-state index in [0.29, 0.717) is 18.2 Å². The molecule has 18 heavy (non-hydrogen) atoms. The minimum absolute atomic E-state index is 0.490. The molecule has 0 aromatic carbocycles. The molecule has 1 aromatic heterocycles. The number of nitrogen functional groups attached to an aromatic ring is 1. The number of hydrogen-bond donors (Lipinski definition) is 1. The second kappa shape index (κ2) is 7.74. The lowest BCUT2D eigenvalue weighted by atomic mass is 10.2. The third kappa shape index (κ3) is 4.05. The Bertz CT molecular complexity index is 357. The molecule has 0 radical (unpaired) electrons. The molecule has 0 atom stereocenters. The molecule has 1 rings (SSSR count).